The number of morpholine rings is 1. The van der Waals surface area contributed by atoms with Crippen molar-refractivity contribution in [2.45, 2.75) is 0 Å². The van der Waals surface area contributed by atoms with E-state index in [1.165, 1.54) is 28.4 Å². The maximum atomic E-state index is 12.6. The number of furan rings is 1. The summed E-state index contributed by atoms with van der Waals surface area (Å²) < 4.78 is 15.2. The summed E-state index contributed by atoms with van der Waals surface area (Å²) in [5, 5.41) is 6.23. The molecule has 2 aromatic heterocycles. The first-order valence-corrected chi connectivity index (χ1v) is 8.16. The van der Waals surface area contributed by atoms with E-state index in [2.05, 4.69) is 15.0 Å². The van der Waals surface area contributed by atoms with Crippen LogP contribution >= 0.6 is 0 Å². The highest BCUT2D eigenvalue weighted by atomic mass is 16.5. The predicted octanol–water partition coefficient (Wildman–Crippen LogP) is -0.736. The van der Waals surface area contributed by atoms with Crippen LogP contribution in [0.1, 0.15) is 10.6 Å². The van der Waals surface area contributed by atoms with Gasteiger partial charge in [-0.2, -0.15) is 0 Å². The van der Waals surface area contributed by atoms with Gasteiger partial charge < -0.3 is 28.8 Å². The van der Waals surface area contributed by atoms with Crippen molar-refractivity contribution in [3.8, 4) is 0 Å². The van der Waals surface area contributed by atoms with E-state index in [4.69, 9.17) is 9.15 Å². The molecule has 134 valence electrons. The number of hydrogen-bond donors (Lipinski definition) is 2. The second-order valence-electron chi connectivity index (χ2n) is 5.75. The minimum atomic E-state index is -0.342. The van der Waals surface area contributed by atoms with Crippen molar-refractivity contribution in [2.24, 2.45) is 0 Å². The van der Waals surface area contributed by atoms with Gasteiger partial charge in [0.15, 0.2) is 11.6 Å². The molecule has 3 rings (SSSR count). The van der Waals surface area contributed by atoms with Crippen LogP contribution in [0.25, 0.3) is 0 Å². The molecule has 3 heterocycles. The molecule has 9 heteroatoms. The smallest absolute Gasteiger partial charge is 0.290 e. The zero-order chi connectivity index (χ0) is 17.5. The summed E-state index contributed by atoms with van der Waals surface area (Å²) in [6, 6.07) is 4.77. The highest BCUT2D eigenvalue weighted by molar-refractivity contribution is 5.97. The van der Waals surface area contributed by atoms with E-state index in [-0.39, 0.29) is 24.1 Å². The summed E-state index contributed by atoms with van der Waals surface area (Å²) in [5.41, 5.74) is 0. The summed E-state index contributed by atoms with van der Waals surface area (Å²) in [6.45, 7) is 4.33. The van der Waals surface area contributed by atoms with Crippen LogP contribution in [0.5, 0.6) is 0 Å². The third-order valence-electron chi connectivity index (χ3n) is 3.99. The van der Waals surface area contributed by atoms with Crippen molar-refractivity contribution in [2.75, 3.05) is 51.3 Å². The van der Waals surface area contributed by atoms with Crippen LogP contribution in [-0.4, -0.2) is 67.8 Å². The number of anilines is 1. The quantitative estimate of drug-likeness (QED) is 0.683. The van der Waals surface area contributed by atoms with Crippen LogP contribution in [0, 0.1) is 0 Å². The molecule has 0 saturated carbocycles. The molecule has 25 heavy (non-hydrogen) atoms. The Morgan fingerprint density at radius 1 is 1.24 bits per heavy atom. The summed E-state index contributed by atoms with van der Waals surface area (Å²) in [6.07, 6.45) is 2.80. The standard InChI is InChI=1S/C16H20N4O5/c21-15(17-14-3-9-25-18-14)12-20(16(22)13-2-1-8-24-13)5-4-19-6-10-23-11-7-19/h1-3,8-9H,4-7,10-12H2,(H,17,18,21)/p+1. The fraction of sp³-hybridized carbons (Fsp3) is 0.438. The topological polar surface area (TPSA) is 102 Å². The Morgan fingerprint density at radius 3 is 2.76 bits per heavy atom. The first kappa shape index (κ1) is 17.2. The molecule has 2 amide bonds. The molecule has 0 spiro atoms. The fourth-order valence-corrected chi connectivity index (χ4v) is 2.64. The molecule has 0 aliphatic carbocycles. The molecule has 0 aromatic carbocycles. The van der Waals surface area contributed by atoms with E-state index in [0.29, 0.717) is 25.6 Å². The van der Waals surface area contributed by atoms with E-state index in [1.807, 2.05) is 0 Å². The van der Waals surface area contributed by atoms with Gasteiger partial charge in [0.25, 0.3) is 5.91 Å². The number of nitrogens with one attached hydrogen (secondary N) is 2. The first-order valence-electron chi connectivity index (χ1n) is 8.16. The molecule has 2 N–H and O–H groups in total. The number of carbonyl (C=O) groups excluding carboxylic acids is 2. The number of quaternary nitrogens is 1. The molecule has 0 unspecified atom stereocenters. The van der Waals surface area contributed by atoms with Crippen LogP contribution in [0.3, 0.4) is 0 Å². The van der Waals surface area contributed by atoms with Crippen molar-refractivity contribution >= 4 is 17.6 Å². The Bertz CT molecular complexity index is 665. The number of ether oxygens (including phenoxy) is 1. The highest BCUT2D eigenvalue weighted by Crippen LogP contribution is 2.06. The lowest BCUT2D eigenvalue weighted by Crippen LogP contribution is -3.14. The van der Waals surface area contributed by atoms with Crippen molar-refractivity contribution in [3.63, 3.8) is 0 Å². The molecule has 1 aliphatic rings. The Balaban J connectivity index is 1.60. The van der Waals surface area contributed by atoms with Gasteiger partial charge in [-0.15, -0.1) is 0 Å². The first-order chi connectivity index (χ1) is 12.2. The summed E-state index contributed by atoms with van der Waals surface area (Å²) in [5.74, 6) is -0.126. The monoisotopic (exact) mass is 349 g/mol. The molecular formula is C16H21N4O5+. The van der Waals surface area contributed by atoms with E-state index in [0.717, 1.165) is 19.6 Å². The van der Waals surface area contributed by atoms with Crippen LogP contribution < -0.4 is 10.2 Å². The maximum Gasteiger partial charge on any atom is 0.290 e. The Labute approximate surface area is 144 Å². The van der Waals surface area contributed by atoms with E-state index >= 15 is 0 Å². The molecule has 0 radical (unpaired) electrons. The zero-order valence-corrected chi connectivity index (χ0v) is 13.8. The molecule has 0 atom stereocenters. The van der Waals surface area contributed by atoms with Crippen molar-refractivity contribution in [1.29, 1.82) is 0 Å². The summed E-state index contributed by atoms with van der Waals surface area (Å²) >= 11 is 0. The summed E-state index contributed by atoms with van der Waals surface area (Å²) in [7, 11) is 0. The van der Waals surface area contributed by atoms with Crippen molar-refractivity contribution in [3.05, 3.63) is 36.5 Å². The van der Waals surface area contributed by atoms with Gasteiger partial charge in [-0.25, -0.2) is 0 Å². The molecule has 9 nitrogen and oxygen atoms in total. The van der Waals surface area contributed by atoms with Gasteiger partial charge in [0, 0.05) is 6.07 Å². The van der Waals surface area contributed by atoms with Crippen LogP contribution in [0.4, 0.5) is 5.82 Å². The van der Waals surface area contributed by atoms with Crippen molar-refractivity contribution in [1.82, 2.24) is 10.1 Å². The average molecular weight is 349 g/mol. The molecule has 0 bridgehead atoms. The van der Waals surface area contributed by atoms with Crippen LogP contribution in [0.2, 0.25) is 0 Å². The van der Waals surface area contributed by atoms with Gasteiger partial charge in [0.1, 0.15) is 25.9 Å². The Hall–Kier alpha value is -2.65. The lowest BCUT2D eigenvalue weighted by atomic mass is 10.3. The lowest BCUT2D eigenvalue weighted by molar-refractivity contribution is -0.907. The molecule has 1 aliphatic heterocycles. The van der Waals surface area contributed by atoms with Gasteiger partial charge >= 0.3 is 0 Å². The van der Waals surface area contributed by atoms with Crippen molar-refractivity contribution < 1.29 is 28.2 Å². The molecule has 1 fully saturated rings. The molecular weight excluding hydrogens is 328 g/mol. The SMILES string of the molecule is O=C(CN(CC[NH+]1CCOCC1)C(=O)c1ccco1)Nc1ccon1. The minimum absolute atomic E-state index is 0.0871. The molecule has 1 saturated heterocycles. The van der Waals surface area contributed by atoms with Gasteiger partial charge in [-0.05, 0) is 12.1 Å². The number of amides is 2. The van der Waals surface area contributed by atoms with Crippen LogP contribution in [0.15, 0.2) is 39.7 Å². The van der Waals surface area contributed by atoms with Crippen LogP contribution in [-0.2, 0) is 9.53 Å². The minimum Gasteiger partial charge on any atom is -0.459 e. The second kappa shape index (κ2) is 8.45. The zero-order valence-electron chi connectivity index (χ0n) is 13.8. The number of aromatic nitrogens is 1. The van der Waals surface area contributed by atoms with Gasteiger partial charge in [0.05, 0.1) is 32.6 Å². The van der Waals surface area contributed by atoms with E-state index in [1.54, 1.807) is 12.1 Å². The maximum absolute atomic E-state index is 12.6. The van der Waals surface area contributed by atoms with E-state index in [9.17, 15) is 9.59 Å². The van der Waals surface area contributed by atoms with Gasteiger partial charge in [0.2, 0.25) is 5.91 Å². The number of rotatable bonds is 7. The largest absolute Gasteiger partial charge is 0.459 e. The predicted molar refractivity (Wildman–Crippen MR) is 86.1 cm³/mol. The fourth-order valence-electron chi connectivity index (χ4n) is 2.64. The normalized spacial score (nSPS) is 15.0. The molecule has 2 aromatic rings. The Morgan fingerprint density at radius 2 is 2.08 bits per heavy atom. The summed E-state index contributed by atoms with van der Waals surface area (Å²) in [4.78, 5) is 27.6. The second-order valence-corrected chi connectivity index (χ2v) is 5.75. The Kier molecular flexibility index (Phi) is 5.81. The lowest BCUT2D eigenvalue weighted by Gasteiger charge is -2.27. The highest BCUT2D eigenvalue weighted by Gasteiger charge is 2.23. The number of carbonyl (C=O) groups is 2. The number of hydrogen-bond acceptors (Lipinski definition) is 6. The van der Waals surface area contributed by atoms with Gasteiger partial charge in [-0.3, -0.25) is 9.59 Å². The number of nitrogens with zero attached hydrogens (tertiary/aromatic N) is 2. The average Bonchev–Trinajstić information content (AvgIpc) is 3.32. The third kappa shape index (κ3) is 4.91. The third-order valence-corrected chi connectivity index (χ3v) is 3.99. The van der Waals surface area contributed by atoms with Gasteiger partial charge in [-0.1, -0.05) is 5.16 Å². The van der Waals surface area contributed by atoms with E-state index < -0.39 is 0 Å².